The van der Waals surface area contributed by atoms with Gasteiger partial charge in [-0.15, -0.1) is 10.2 Å². The molecular formula is C17H14F3N7O. The van der Waals surface area contributed by atoms with E-state index in [-0.39, 0.29) is 23.6 Å². The summed E-state index contributed by atoms with van der Waals surface area (Å²) >= 11 is 0. The fraction of sp³-hybridized carbons (Fsp3) is 0.176. The number of nitrogens with one attached hydrogen (secondary N) is 1. The van der Waals surface area contributed by atoms with Crippen LogP contribution >= 0.6 is 0 Å². The summed E-state index contributed by atoms with van der Waals surface area (Å²) in [5.41, 5.74) is 5.83. The van der Waals surface area contributed by atoms with Crippen molar-refractivity contribution in [3.05, 3.63) is 47.5 Å². The van der Waals surface area contributed by atoms with Crippen molar-refractivity contribution in [2.24, 2.45) is 0 Å². The van der Waals surface area contributed by atoms with Crippen LogP contribution in [-0.2, 0) is 12.7 Å². The van der Waals surface area contributed by atoms with Crippen LogP contribution in [0.5, 0.6) is 5.75 Å². The second-order valence-corrected chi connectivity index (χ2v) is 6.23. The number of rotatable bonds is 3. The van der Waals surface area contributed by atoms with Gasteiger partial charge in [-0.3, -0.25) is 4.40 Å². The van der Waals surface area contributed by atoms with Crippen molar-refractivity contribution < 1.29 is 18.3 Å². The first kappa shape index (κ1) is 17.8. The average Bonchev–Trinajstić information content (AvgIpc) is 3.10. The van der Waals surface area contributed by atoms with Gasteiger partial charge < -0.3 is 16.2 Å². The molecule has 4 aromatic rings. The summed E-state index contributed by atoms with van der Waals surface area (Å²) in [7, 11) is 0. The van der Waals surface area contributed by atoms with Crippen LogP contribution in [0.4, 0.5) is 24.7 Å². The van der Waals surface area contributed by atoms with Crippen LogP contribution in [0.3, 0.4) is 0 Å². The summed E-state index contributed by atoms with van der Waals surface area (Å²) < 4.78 is 40.5. The summed E-state index contributed by atoms with van der Waals surface area (Å²) in [4.78, 5) is 8.65. The normalized spacial score (nSPS) is 12.0. The Morgan fingerprint density at radius 1 is 1.14 bits per heavy atom. The molecular weight excluding hydrogens is 375 g/mol. The van der Waals surface area contributed by atoms with Crippen LogP contribution in [0, 0.1) is 6.92 Å². The zero-order valence-corrected chi connectivity index (χ0v) is 14.5. The number of halogens is 3. The highest BCUT2D eigenvalue weighted by Gasteiger charge is 2.31. The minimum Gasteiger partial charge on any atom is -0.504 e. The molecule has 1 aromatic carbocycles. The Labute approximate surface area is 155 Å². The van der Waals surface area contributed by atoms with Crippen molar-refractivity contribution in [1.82, 2.24) is 24.6 Å². The average molecular weight is 389 g/mol. The van der Waals surface area contributed by atoms with Crippen LogP contribution in [0.15, 0.2) is 30.6 Å². The van der Waals surface area contributed by atoms with Crippen molar-refractivity contribution in [1.29, 1.82) is 0 Å². The van der Waals surface area contributed by atoms with E-state index in [0.717, 1.165) is 12.1 Å². The molecule has 0 amide bonds. The van der Waals surface area contributed by atoms with Gasteiger partial charge in [0, 0.05) is 12.2 Å². The standard InChI is InChI=1S/C17H14F3N7O/c1-8-24-14(12-5-13(28)16-26-23-7-27(16)15(12)25-8)22-6-9-2-10(17(18,19)20)4-11(21)3-9/h2-5,7,28H,6,21H2,1H3,(H,22,24,25). The number of hydrogen-bond donors (Lipinski definition) is 3. The number of aromatic hydroxyl groups is 1. The fourth-order valence-corrected chi connectivity index (χ4v) is 2.95. The zero-order chi connectivity index (χ0) is 20.1. The summed E-state index contributed by atoms with van der Waals surface area (Å²) in [5, 5.41) is 21.2. The molecule has 8 nitrogen and oxygen atoms in total. The Hall–Kier alpha value is -3.63. The van der Waals surface area contributed by atoms with Crippen molar-refractivity contribution in [3.8, 4) is 5.75 Å². The lowest BCUT2D eigenvalue weighted by molar-refractivity contribution is -0.137. The number of nitrogens with two attached hydrogens (primary N) is 1. The molecule has 0 saturated carbocycles. The van der Waals surface area contributed by atoms with Gasteiger partial charge >= 0.3 is 6.18 Å². The molecule has 0 radical (unpaired) electrons. The molecule has 4 N–H and O–H groups in total. The Kier molecular flexibility index (Phi) is 3.95. The number of aryl methyl sites for hydroxylation is 1. The molecule has 11 heteroatoms. The summed E-state index contributed by atoms with van der Waals surface area (Å²) in [6.45, 7) is 1.72. The maximum atomic E-state index is 13.0. The summed E-state index contributed by atoms with van der Waals surface area (Å²) in [5.74, 6) is 0.660. The Morgan fingerprint density at radius 2 is 1.93 bits per heavy atom. The molecule has 144 valence electrons. The molecule has 0 aliphatic carbocycles. The highest BCUT2D eigenvalue weighted by molar-refractivity contribution is 5.90. The van der Waals surface area contributed by atoms with E-state index in [0.29, 0.717) is 28.2 Å². The first-order valence-electron chi connectivity index (χ1n) is 8.13. The number of nitrogens with zero attached hydrogens (tertiary/aromatic N) is 5. The van der Waals surface area contributed by atoms with Crippen molar-refractivity contribution in [2.45, 2.75) is 19.6 Å². The molecule has 3 heterocycles. The third kappa shape index (κ3) is 3.10. The van der Waals surface area contributed by atoms with Gasteiger partial charge in [0.25, 0.3) is 0 Å². The predicted octanol–water partition coefficient (Wildman–Crippen LogP) is 2.90. The van der Waals surface area contributed by atoms with E-state index in [9.17, 15) is 18.3 Å². The van der Waals surface area contributed by atoms with Crippen molar-refractivity contribution >= 4 is 28.2 Å². The second kappa shape index (κ2) is 6.22. The number of aromatic nitrogens is 5. The molecule has 0 aliphatic heterocycles. The SMILES string of the molecule is Cc1nc(NCc2cc(N)cc(C(F)(F)F)c2)c2cc(O)c3nncn3c2n1. The highest BCUT2D eigenvalue weighted by atomic mass is 19.4. The van der Waals surface area contributed by atoms with E-state index in [4.69, 9.17) is 5.73 Å². The van der Waals surface area contributed by atoms with Crippen LogP contribution in [0.2, 0.25) is 0 Å². The van der Waals surface area contributed by atoms with Crippen LogP contribution < -0.4 is 11.1 Å². The van der Waals surface area contributed by atoms with Crippen LogP contribution in [0.1, 0.15) is 17.0 Å². The first-order valence-corrected chi connectivity index (χ1v) is 8.13. The van der Waals surface area contributed by atoms with Gasteiger partial charge in [0.2, 0.25) is 5.65 Å². The van der Waals surface area contributed by atoms with E-state index in [2.05, 4.69) is 25.5 Å². The number of fused-ring (bicyclic) bond motifs is 3. The molecule has 0 fully saturated rings. The number of anilines is 2. The van der Waals surface area contributed by atoms with Crippen molar-refractivity contribution in [2.75, 3.05) is 11.1 Å². The van der Waals surface area contributed by atoms with Crippen molar-refractivity contribution in [3.63, 3.8) is 0 Å². The minimum absolute atomic E-state index is 0.0131. The third-order valence-corrected chi connectivity index (χ3v) is 4.13. The lowest BCUT2D eigenvalue weighted by atomic mass is 10.1. The third-order valence-electron chi connectivity index (χ3n) is 4.13. The Balaban J connectivity index is 1.75. The van der Waals surface area contributed by atoms with E-state index < -0.39 is 11.7 Å². The second-order valence-electron chi connectivity index (χ2n) is 6.23. The number of pyridine rings is 1. The van der Waals surface area contributed by atoms with Gasteiger partial charge in [0.1, 0.15) is 18.0 Å². The summed E-state index contributed by atoms with van der Waals surface area (Å²) in [6, 6.07) is 4.79. The van der Waals surface area contributed by atoms with Gasteiger partial charge in [-0.2, -0.15) is 13.2 Å². The molecule has 4 rings (SSSR count). The number of benzene rings is 1. The molecule has 0 atom stereocenters. The molecule has 0 aliphatic rings. The quantitative estimate of drug-likeness (QED) is 0.462. The van der Waals surface area contributed by atoms with E-state index in [1.165, 1.54) is 22.9 Å². The lowest BCUT2D eigenvalue weighted by Crippen LogP contribution is -2.09. The van der Waals surface area contributed by atoms with Crippen LogP contribution in [-0.4, -0.2) is 29.7 Å². The van der Waals surface area contributed by atoms with Gasteiger partial charge in [-0.25, -0.2) is 9.97 Å². The van der Waals surface area contributed by atoms with Crippen LogP contribution in [0.25, 0.3) is 16.7 Å². The maximum absolute atomic E-state index is 13.0. The molecule has 0 saturated heterocycles. The first-order chi connectivity index (χ1) is 13.2. The maximum Gasteiger partial charge on any atom is 0.416 e. The fourth-order valence-electron chi connectivity index (χ4n) is 2.95. The van der Waals surface area contributed by atoms with Gasteiger partial charge in [0.05, 0.1) is 10.9 Å². The largest absolute Gasteiger partial charge is 0.504 e. The number of hydrogen-bond acceptors (Lipinski definition) is 7. The van der Waals surface area contributed by atoms with Gasteiger partial charge in [-0.05, 0) is 36.8 Å². The molecule has 28 heavy (non-hydrogen) atoms. The molecule has 3 aromatic heterocycles. The highest BCUT2D eigenvalue weighted by Crippen LogP contribution is 2.32. The van der Waals surface area contributed by atoms with E-state index in [1.807, 2.05) is 0 Å². The Bertz CT molecular complexity index is 1200. The zero-order valence-electron chi connectivity index (χ0n) is 14.5. The van der Waals surface area contributed by atoms with Gasteiger partial charge in [-0.1, -0.05) is 0 Å². The smallest absolute Gasteiger partial charge is 0.416 e. The predicted molar refractivity (Wildman–Crippen MR) is 95.7 cm³/mol. The Morgan fingerprint density at radius 3 is 2.68 bits per heavy atom. The summed E-state index contributed by atoms with van der Waals surface area (Å²) in [6.07, 6.45) is -3.09. The number of nitrogen functional groups attached to an aromatic ring is 1. The number of alkyl halides is 3. The van der Waals surface area contributed by atoms with E-state index >= 15 is 0 Å². The molecule has 0 spiro atoms. The monoisotopic (exact) mass is 389 g/mol. The van der Waals surface area contributed by atoms with E-state index in [1.54, 1.807) is 6.92 Å². The lowest BCUT2D eigenvalue weighted by Gasteiger charge is -2.13. The van der Waals surface area contributed by atoms with Gasteiger partial charge in [0.15, 0.2) is 11.4 Å². The molecule has 0 unspecified atom stereocenters. The molecule has 0 bridgehead atoms. The topological polar surface area (TPSA) is 114 Å². The minimum atomic E-state index is -4.49.